The van der Waals surface area contributed by atoms with Gasteiger partial charge in [0.1, 0.15) is 12.2 Å². The first-order chi connectivity index (χ1) is 8.22. The molecule has 1 aromatic rings. The lowest BCUT2D eigenvalue weighted by atomic mass is 9.78. The molecule has 1 fully saturated rings. The minimum atomic E-state index is 0.640. The molecule has 1 saturated carbocycles. The Morgan fingerprint density at radius 3 is 3.00 bits per heavy atom. The van der Waals surface area contributed by atoms with E-state index < -0.39 is 0 Å². The van der Waals surface area contributed by atoms with E-state index in [9.17, 15) is 0 Å². The van der Waals surface area contributed by atoms with E-state index in [0.717, 1.165) is 30.7 Å². The van der Waals surface area contributed by atoms with E-state index in [2.05, 4.69) is 40.9 Å². The number of rotatable bonds is 4. The van der Waals surface area contributed by atoms with Crippen molar-refractivity contribution in [3.63, 3.8) is 0 Å². The summed E-state index contributed by atoms with van der Waals surface area (Å²) in [4.78, 5) is 0. The molecule has 0 saturated heterocycles. The van der Waals surface area contributed by atoms with Crippen molar-refractivity contribution in [2.24, 2.45) is 11.8 Å². The summed E-state index contributed by atoms with van der Waals surface area (Å²) < 4.78 is 2.10. The fraction of sp³-hybridized carbons (Fsp3) is 0.846. The van der Waals surface area contributed by atoms with Gasteiger partial charge in [-0.1, -0.05) is 26.7 Å². The third-order valence-corrected chi connectivity index (χ3v) is 4.27. The zero-order chi connectivity index (χ0) is 12.3. The fourth-order valence-corrected chi connectivity index (χ4v) is 2.77. The van der Waals surface area contributed by atoms with Crippen molar-refractivity contribution >= 4 is 0 Å². The number of nitrogens with zero attached hydrogens (tertiary/aromatic N) is 3. The van der Waals surface area contributed by atoms with Crippen LogP contribution in [-0.4, -0.2) is 20.8 Å². The van der Waals surface area contributed by atoms with Crippen molar-refractivity contribution in [2.45, 2.75) is 59.2 Å². The second-order valence-electron chi connectivity index (χ2n) is 5.29. The lowest BCUT2D eigenvalue weighted by Gasteiger charge is -2.34. The van der Waals surface area contributed by atoms with Gasteiger partial charge in [0.15, 0.2) is 0 Å². The van der Waals surface area contributed by atoms with Gasteiger partial charge in [-0.25, -0.2) is 0 Å². The summed E-state index contributed by atoms with van der Waals surface area (Å²) >= 11 is 0. The van der Waals surface area contributed by atoms with E-state index in [0.29, 0.717) is 6.04 Å². The Morgan fingerprint density at radius 1 is 1.41 bits per heavy atom. The van der Waals surface area contributed by atoms with E-state index in [1.807, 2.05) is 6.33 Å². The van der Waals surface area contributed by atoms with Gasteiger partial charge in [-0.2, -0.15) is 0 Å². The number of aromatic nitrogens is 3. The molecule has 1 aliphatic rings. The molecule has 0 unspecified atom stereocenters. The van der Waals surface area contributed by atoms with Crippen molar-refractivity contribution in [1.82, 2.24) is 20.1 Å². The monoisotopic (exact) mass is 236 g/mol. The van der Waals surface area contributed by atoms with E-state index in [1.165, 1.54) is 19.3 Å². The van der Waals surface area contributed by atoms with Crippen LogP contribution in [0.15, 0.2) is 6.33 Å². The quantitative estimate of drug-likeness (QED) is 0.871. The highest BCUT2D eigenvalue weighted by molar-refractivity contribution is 4.88. The minimum absolute atomic E-state index is 0.640. The normalized spacial score (nSPS) is 29.5. The van der Waals surface area contributed by atoms with Crippen LogP contribution in [0.5, 0.6) is 0 Å². The zero-order valence-electron chi connectivity index (χ0n) is 11.2. The van der Waals surface area contributed by atoms with Gasteiger partial charge in [-0.05, 0) is 25.2 Å². The first kappa shape index (κ1) is 12.6. The second-order valence-corrected chi connectivity index (χ2v) is 5.29. The van der Waals surface area contributed by atoms with Crippen molar-refractivity contribution in [3.8, 4) is 0 Å². The Bertz CT molecular complexity index is 347. The summed E-state index contributed by atoms with van der Waals surface area (Å²) in [6.45, 7) is 8.65. The first-order valence-electron chi connectivity index (χ1n) is 6.82. The molecule has 2 rings (SSSR count). The highest BCUT2D eigenvalue weighted by atomic mass is 15.3. The molecule has 0 spiro atoms. The largest absolute Gasteiger partial charge is 0.317 e. The Balaban J connectivity index is 1.89. The molecule has 1 aromatic heterocycles. The zero-order valence-corrected chi connectivity index (χ0v) is 11.2. The Hall–Kier alpha value is -0.900. The summed E-state index contributed by atoms with van der Waals surface area (Å²) in [5.74, 6) is 2.66. The third kappa shape index (κ3) is 2.86. The average Bonchev–Trinajstić information content (AvgIpc) is 2.78. The highest BCUT2D eigenvalue weighted by Gasteiger charge is 2.26. The number of hydrogen-bond acceptors (Lipinski definition) is 3. The van der Waals surface area contributed by atoms with Crippen molar-refractivity contribution in [1.29, 1.82) is 0 Å². The first-order valence-corrected chi connectivity index (χ1v) is 6.82. The summed E-state index contributed by atoms with van der Waals surface area (Å²) in [6.07, 6.45) is 5.84. The maximum Gasteiger partial charge on any atom is 0.146 e. The Labute approximate surface area is 104 Å². The molecule has 17 heavy (non-hydrogen) atoms. The third-order valence-electron chi connectivity index (χ3n) is 4.27. The van der Waals surface area contributed by atoms with E-state index in [1.54, 1.807) is 0 Å². The average molecular weight is 236 g/mol. The summed E-state index contributed by atoms with van der Waals surface area (Å²) in [6, 6.07) is 0.640. The molecule has 1 heterocycles. The standard InChI is InChI=1S/C13H24N4/c1-4-17-9-15-16-13(17)8-14-12-7-5-6-10(2)11(12)3/h9-12,14H,4-8H2,1-3H3/t10-,11-,12+/m0/s1. The molecule has 0 aromatic carbocycles. The highest BCUT2D eigenvalue weighted by Crippen LogP contribution is 2.29. The van der Waals surface area contributed by atoms with Crippen LogP contribution in [0.1, 0.15) is 45.9 Å². The lowest BCUT2D eigenvalue weighted by Crippen LogP contribution is -2.40. The fourth-order valence-electron chi connectivity index (χ4n) is 2.77. The molecule has 0 aliphatic heterocycles. The lowest BCUT2D eigenvalue weighted by molar-refractivity contribution is 0.204. The number of nitrogens with one attached hydrogen (secondary N) is 1. The molecule has 4 heteroatoms. The van der Waals surface area contributed by atoms with Gasteiger partial charge < -0.3 is 9.88 Å². The van der Waals surface area contributed by atoms with Crippen molar-refractivity contribution in [2.75, 3.05) is 0 Å². The SMILES string of the molecule is CCn1cnnc1CN[C@@H]1CCC[C@H](C)[C@@H]1C. The van der Waals surface area contributed by atoms with Crippen LogP contribution in [0.4, 0.5) is 0 Å². The van der Waals surface area contributed by atoms with Crippen LogP contribution in [-0.2, 0) is 13.1 Å². The summed E-state index contributed by atoms with van der Waals surface area (Å²) in [5, 5.41) is 11.8. The molecule has 0 radical (unpaired) electrons. The molecule has 4 nitrogen and oxygen atoms in total. The predicted molar refractivity (Wildman–Crippen MR) is 68.5 cm³/mol. The molecule has 1 N–H and O–H groups in total. The van der Waals surface area contributed by atoms with E-state index >= 15 is 0 Å². The molecular formula is C13H24N4. The van der Waals surface area contributed by atoms with Crippen LogP contribution in [0.3, 0.4) is 0 Å². The van der Waals surface area contributed by atoms with Gasteiger partial charge in [0.25, 0.3) is 0 Å². The van der Waals surface area contributed by atoms with Gasteiger partial charge >= 0.3 is 0 Å². The predicted octanol–water partition coefficient (Wildman–Crippen LogP) is 2.21. The maximum absolute atomic E-state index is 4.17. The molecule has 1 aliphatic carbocycles. The molecular weight excluding hydrogens is 212 g/mol. The van der Waals surface area contributed by atoms with Crippen LogP contribution in [0.2, 0.25) is 0 Å². The summed E-state index contributed by atoms with van der Waals surface area (Å²) in [5.41, 5.74) is 0. The summed E-state index contributed by atoms with van der Waals surface area (Å²) in [7, 11) is 0. The minimum Gasteiger partial charge on any atom is -0.317 e. The van der Waals surface area contributed by atoms with Gasteiger partial charge in [0.2, 0.25) is 0 Å². The molecule has 96 valence electrons. The van der Waals surface area contributed by atoms with Crippen LogP contribution in [0, 0.1) is 11.8 Å². The number of hydrogen-bond donors (Lipinski definition) is 1. The van der Waals surface area contributed by atoms with Gasteiger partial charge in [-0.15, -0.1) is 10.2 Å². The Morgan fingerprint density at radius 2 is 2.24 bits per heavy atom. The van der Waals surface area contributed by atoms with E-state index in [-0.39, 0.29) is 0 Å². The Kier molecular flexibility index (Phi) is 4.15. The van der Waals surface area contributed by atoms with Crippen LogP contribution in [0.25, 0.3) is 0 Å². The van der Waals surface area contributed by atoms with Gasteiger partial charge in [0.05, 0.1) is 6.54 Å². The number of aryl methyl sites for hydroxylation is 1. The van der Waals surface area contributed by atoms with Crippen LogP contribution < -0.4 is 5.32 Å². The van der Waals surface area contributed by atoms with Gasteiger partial charge in [-0.3, -0.25) is 0 Å². The molecule has 0 bridgehead atoms. The van der Waals surface area contributed by atoms with E-state index in [4.69, 9.17) is 0 Å². The maximum atomic E-state index is 4.17. The van der Waals surface area contributed by atoms with Crippen molar-refractivity contribution < 1.29 is 0 Å². The topological polar surface area (TPSA) is 42.7 Å². The molecule has 0 amide bonds. The van der Waals surface area contributed by atoms with Crippen molar-refractivity contribution in [3.05, 3.63) is 12.2 Å². The molecule has 3 atom stereocenters. The second kappa shape index (κ2) is 5.63. The van der Waals surface area contributed by atoms with Crippen LogP contribution >= 0.6 is 0 Å². The van der Waals surface area contributed by atoms with Gasteiger partial charge in [0, 0.05) is 12.6 Å². The smallest absolute Gasteiger partial charge is 0.146 e.